The number of sulfonamides is 1. The third-order valence-electron chi connectivity index (χ3n) is 3.80. The van der Waals surface area contributed by atoms with Gasteiger partial charge < -0.3 is 4.74 Å². The smallest absolute Gasteiger partial charge is 0.338 e. The van der Waals surface area contributed by atoms with Crippen LogP contribution >= 0.6 is 0 Å². The second-order valence-electron chi connectivity index (χ2n) is 5.82. The summed E-state index contributed by atoms with van der Waals surface area (Å²) < 4.78 is 31.9. The van der Waals surface area contributed by atoms with Crippen LogP contribution in [-0.2, 0) is 14.8 Å². The fourth-order valence-corrected chi connectivity index (χ4v) is 3.44. The van der Waals surface area contributed by atoms with Crippen molar-refractivity contribution in [3.05, 3.63) is 65.7 Å². The minimum atomic E-state index is -3.63. The number of hydrogen-bond donors (Lipinski definition) is 1. The number of rotatable bonds is 8. The molecule has 2 aromatic carbocycles. The third-order valence-corrected chi connectivity index (χ3v) is 5.40. The van der Waals surface area contributed by atoms with Crippen molar-refractivity contribution < 1.29 is 22.7 Å². The van der Waals surface area contributed by atoms with E-state index in [4.69, 9.17) is 4.74 Å². The van der Waals surface area contributed by atoms with Crippen LogP contribution in [0, 0.1) is 0 Å². The number of hydrogen-bond acceptors (Lipinski definition) is 5. The molecule has 0 saturated carbocycles. The van der Waals surface area contributed by atoms with E-state index in [1.54, 1.807) is 37.3 Å². The van der Waals surface area contributed by atoms with Gasteiger partial charge in [-0.15, -0.1) is 0 Å². The van der Waals surface area contributed by atoms with Crippen molar-refractivity contribution in [1.29, 1.82) is 0 Å². The van der Waals surface area contributed by atoms with Crippen LogP contribution in [0.2, 0.25) is 0 Å². The van der Waals surface area contributed by atoms with Crippen LogP contribution in [-0.4, -0.2) is 32.8 Å². The van der Waals surface area contributed by atoms with Crippen LogP contribution < -0.4 is 4.72 Å². The van der Waals surface area contributed by atoms with Crippen LogP contribution in [0.1, 0.15) is 41.0 Å². The van der Waals surface area contributed by atoms with Crippen molar-refractivity contribution in [2.24, 2.45) is 0 Å². The molecule has 0 radical (unpaired) electrons. The molecule has 0 amide bonds. The average Bonchev–Trinajstić information content (AvgIpc) is 2.66. The summed E-state index contributed by atoms with van der Waals surface area (Å²) in [6.45, 7) is 3.27. The first-order chi connectivity index (χ1) is 12.3. The number of Topliss-reactive ketones (excluding diaryl/α,β-unsaturated/α-hetero) is 1. The fourth-order valence-electron chi connectivity index (χ4n) is 2.11. The molecule has 0 aromatic heterocycles. The normalized spacial score (nSPS) is 12.4. The molecule has 7 heteroatoms. The SMILES string of the molecule is CC[C@H](C)NS(=O)(=O)c1ccc(C(=O)OCC(=O)c2ccccc2)cc1. The van der Waals surface area contributed by atoms with Gasteiger partial charge in [-0.3, -0.25) is 4.79 Å². The van der Waals surface area contributed by atoms with Gasteiger partial charge in [-0.2, -0.15) is 0 Å². The van der Waals surface area contributed by atoms with E-state index in [1.165, 1.54) is 24.3 Å². The summed E-state index contributed by atoms with van der Waals surface area (Å²) in [6.07, 6.45) is 0.666. The van der Waals surface area contributed by atoms with Crippen LogP contribution in [0.25, 0.3) is 0 Å². The Balaban J connectivity index is 1.99. The summed E-state index contributed by atoms with van der Waals surface area (Å²) in [5.41, 5.74) is 0.631. The van der Waals surface area contributed by atoms with Crippen molar-refractivity contribution in [2.75, 3.05) is 6.61 Å². The molecule has 138 valence electrons. The summed E-state index contributed by atoms with van der Waals surface area (Å²) >= 11 is 0. The van der Waals surface area contributed by atoms with E-state index in [0.717, 1.165) is 0 Å². The zero-order valence-electron chi connectivity index (χ0n) is 14.6. The first kappa shape index (κ1) is 19.8. The van der Waals surface area contributed by atoms with Gasteiger partial charge in [0.1, 0.15) is 0 Å². The van der Waals surface area contributed by atoms with Crippen molar-refractivity contribution in [3.63, 3.8) is 0 Å². The maximum absolute atomic E-state index is 12.2. The van der Waals surface area contributed by atoms with Gasteiger partial charge in [0.05, 0.1) is 10.5 Å². The summed E-state index contributed by atoms with van der Waals surface area (Å²) in [5, 5.41) is 0. The highest BCUT2D eigenvalue weighted by atomic mass is 32.2. The van der Waals surface area contributed by atoms with E-state index >= 15 is 0 Å². The van der Waals surface area contributed by atoms with Gasteiger partial charge in [-0.25, -0.2) is 17.9 Å². The average molecular weight is 375 g/mol. The molecule has 0 fully saturated rings. The number of benzene rings is 2. The highest BCUT2D eigenvalue weighted by Crippen LogP contribution is 2.13. The molecule has 2 rings (SSSR count). The molecular formula is C19H21NO5S. The largest absolute Gasteiger partial charge is 0.454 e. The zero-order chi connectivity index (χ0) is 19.2. The Morgan fingerprint density at radius 1 is 1.00 bits per heavy atom. The monoisotopic (exact) mass is 375 g/mol. The Morgan fingerprint density at radius 3 is 2.19 bits per heavy atom. The number of carbonyl (C=O) groups is 2. The summed E-state index contributed by atoms with van der Waals surface area (Å²) in [7, 11) is -3.63. The second-order valence-corrected chi connectivity index (χ2v) is 7.53. The van der Waals surface area contributed by atoms with Gasteiger partial charge in [-0.05, 0) is 37.6 Å². The standard InChI is InChI=1S/C19H21NO5S/c1-3-14(2)20-26(23,24)17-11-9-16(10-12-17)19(22)25-13-18(21)15-7-5-4-6-8-15/h4-12,14,20H,3,13H2,1-2H3/t14-/m0/s1. The molecule has 6 nitrogen and oxygen atoms in total. The Morgan fingerprint density at radius 2 is 1.62 bits per heavy atom. The first-order valence-corrected chi connectivity index (χ1v) is 9.69. The van der Waals surface area contributed by atoms with Gasteiger partial charge in [-0.1, -0.05) is 37.3 Å². The van der Waals surface area contributed by atoms with E-state index in [9.17, 15) is 18.0 Å². The topological polar surface area (TPSA) is 89.5 Å². The molecule has 0 spiro atoms. The molecule has 0 aliphatic rings. The van der Waals surface area contributed by atoms with Crippen LogP contribution in [0.3, 0.4) is 0 Å². The van der Waals surface area contributed by atoms with E-state index in [2.05, 4.69) is 4.72 Å². The van der Waals surface area contributed by atoms with E-state index < -0.39 is 16.0 Å². The Labute approximate surface area is 153 Å². The summed E-state index contributed by atoms with van der Waals surface area (Å²) in [4.78, 5) is 24.0. The molecule has 0 heterocycles. The Bertz CT molecular complexity index is 861. The highest BCUT2D eigenvalue weighted by molar-refractivity contribution is 7.89. The lowest BCUT2D eigenvalue weighted by molar-refractivity contribution is 0.0474. The lowest BCUT2D eigenvalue weighted by Crippen LogP contribution is -2.32. The minimum Gasteiger partial charge on any atom is -0.454 e. The molecule has 1 atom stereocenters. The van der Waals surface area contributed by atoms with Crippen molar-refractivity contribution in [1.82, 2.24) is 4.72 Å². The molecule has 0 unspecified atom stereocenters. The fraction of sp³-hybridized carbons (Fsp3) is 0.263. The third kappa shape index (κ3) is 5.24. The molecule has 0 saturated heterocycles. The van der Waals surface area contributed by atoms with Crippen molar-refractivity contribution in [3.8, 4) is 0 Å². The quantitative estimate of drug-likeness (QED) is 0.566. The van der Waals surface area contributed by atoms with E-state index in [1.807, 2.05) is 6.92 Å². The minimum absolute atomic E-state index is 0.0645. The number of esters is 1. The zero-order valence-corrected chi connectivity index (χ0v) is 15.5. The summed E-state index contributed by atoms with van der Waals surface area (Å²) in [5.74, 6) is -0.996. The highest BCUT2D eigenvalue weighted by Gasteiger charge is 2.18. The van der Waals surface area contributed by atoms with Crippen LogP contribution in [0.5, 0.6) is 0 Å². The molecule has 1 N–H and O–H groups in total. The Kier molecular flexibility index (Phi) is 6.65. The van der Waals surface area contributed by atoms with E-state index in [-0.39, 0.29) is 28.9 Å². The van der Waals surface area contributed by atoms with Crippen LogP contribution in [0.15, 0.2) is 59.5 Å². The van der Waals surface area contributed by atoms with Crippen molar-refractivity contribution in [2.45, 2.75) is 31.2 Å². The predicted octanol–water partition coefficient (Wildman–Crippen LogP) is 2.80. The summed E-state index contributed by atoms with van der Waals surface area (Å²) in [6, 6.07) is 13.7. The molecular weight excluding hydrogens is 354 g/mol. The number of nitrogens with one attached hydrogen (secondary N) is 1. The van der Waals surface area contributed by atoms with Gasteiger partial charge in [0.25, 0.3) is 0 Å². The number of ketones is 1. The van der Waals surface area contributed by atoms with Gasteiger partial charge in [0, 0.05) is 11.6 Å². The lowest BCUT2D eigenvalue weighted by atomic mass is 10.1. The second kappa shape index (κ2) is 8.73. The van der Waals surface area contributed by atoms with E-state index in [0.29, 0.717) is 12.0 Å². The van der Waals surface area contributed by atoms with Crippen molar-refractivity contribution >= 4 is 21.8 Å². The molecule has 0 aliphatic heterocycles. The van der Waals surface area contributed by atoms with Gasteiger partial charge in [0.15, 0.2) is 12.4 Å². The molecule has 0 aliphatic carbocycles. The maximum atomic E-state index is 12.2. The first-order valence-electron chi connectivity index (χ1n) is 8.21. The molecule has 0 bridgehead atoms. The lowest BCUT2D eigenvalue weighted by Gasteiger charge is -2.12. The molecule has 2 aromatic rings. The van der Waals surface area contributed by atoms with Gasteiger partial charge in [0.2, 0.25) is 10.0 Å². The molecule has 26 heavy (non-hydrogen) atoms. The predicted molar refractivity (Wildman–Crippen MR) is 97.6 cm³/mol. The number of ether oxygens (including phenoxy) is 1. The Hall–Kier alpha value is -2.51. The number of carbonyl (C=O) groups excluding carboxylic acids is 2. The maximum Gasteiger partial charge on any atom is 0.338 e. The van der Waals surface area contributed by atoms with Gasteiger partial charge >= 0.3 is 5.97 Å². The van der Waals surface area contributed by atoms with Crippen LogP contribution in [0.4, 0.5) is 0 Å².